The van der Waals surface area contributed by atoms with Gasteiger partial charge in [-0.3, -0.25) is 4.90 Å². The fourth-order valence-corrected chi connectivity index (χ4v) is 2.90. The highest BCUT2D eigenvalue weighted by Crippen LogP contribution is 2.38. The Kier molecular flexibility index (Phi) is 3.43. The van der Waals surface area contributed by atoms with Crippen LogP contribution in [0.1, 0.15) is 26.3 Å². The number of rotatable bonds is 2. The topological polar surface area (TPSA) is 47.3 Å². The zero-order valence-corrected chi connectivity index (χ0v) is 11.2. The monoisotopic (exact) mass is 244 g/mol. The highest BCUT2D eigenvalue weighted by molar-refractivity contribution is 5.18. The van der Waals surface area contributed by atoms with Crippen LogP contribution in [0.4, 0.5) is 0 Å². The number of nitrogens with zero attached hydrogens (tertiary/aromatic N) is 2. The summed E-state index contributed by atoms with van der Waals surface area (Å²) in [6.45, 7) is 6.81. The first-order valence-corrected chi connectivity index (χ1v) is 6.37. The van der Waals surface area contributed by atoms with E-state index in [0.717, 1.165) is 6.54 Å². The molecule has 0 amide bonds. The van der Waals surface area contributed by atoms with Gasteiger partial charge in [0.05, 0.1) is 18.1 Å². The first kappa shape index (κ1) is 13.1. The van der Waals surface area contributed by atoms with Gasteiger partial charge >= 0.3 is 0 Å². The van der Waals surface area contributed by atoms with Gasteiger partial charge in [0, 0.05) is 18.1 Å². The first-order chi connectivity index (χ1) is 8.48. The minimum absolute atomic E-state index is 0.0696. The molecule has 1 heterocycles. The quantitative estimate of drug-likeness (QED) is 0.867. The average Bonchev–Trinajstić information content (AvgIpc) is 2.51. The fourth-order valence-electron chi connectivity index (χ4n) is 2.90. The molecule has 0 saturated carbocycles. The molecule has 3 heteroatoms. The van der Waals surface area contributed by atoms with Crippen LogP contribution in [-0.4, -0.2) is 27.7 Å². The molecule has 1 saturated heterocycles. The molecule has 3 nitrogen and oxygen atoms in total. The molecular formula is C15H20N2O. The molecule has 2 rings (SSSR count). The van der Waals surface area contributed by atoms with Gasteiger partial charge in [-0.2, -0.15) is 5.26 Å². The van der Waals surface area contributed by atoms with Gasteiger partial charge in [0.15, 0.2) is 0 Å². The van der Waals surface area contributed by atoms with Crippen LogP contribution < -0.4 is 0 Å². The zero-order valence-electron chi connectivity index (χ0n) is 11.2. The van der Waals surface area contributed by atoms with Gasteiger partial charge in [-0.15, -0.1) is 0 Å². The lowest BCUT2D eigenvalue weighted by Crippen LogP contribution is -2.46. The van der Waals surface area contributed by atoms with Gasteiger partial charge < -0.3 is 5.11 Å². The second-order valence-electron chi connectivity index (χ2n) is 5.61. The van der Waals surface area contributed by atoms with Crippen molar-refractivity contribution in [3.05, 3.63) is 35.9 Å². The Hall–Kier alpha value is -1.37. The number of benzene rings is 1. The minimum atomic E-state index is -0.596. The van der Waals surface area contributed by atoms with Crippen molar-refractivity contribution in [1.82, 2.24) is 4.90 Å². The maximum absolute atomic E-state index is 10.3. The summed E-state index contributed by atoms with van der Waals surface area (Å²) in [5.41, 5.74) is 0.846. The van der Waals surface area contributed by atoms with E-state index in [0.29, 0.717) is 0 Å². The summed E-state index contributed by atoms with van der Waals surface area (Å²) in [5.74, 6) is -0.316. The lowest BCUT2D eigenvalue weighted by Gasteiger charge is -2.35. The fraction of sp³-hybridized carbons (Fsp3) is 0.533. The SMILES string of the molecule is CC1C(C#N)C(O)C(C)(C)N1Cc1ccccc1. The highest BCUT2D eigenvalue weighted by Gasteiger charge is 2.51. The molecule has 3 unspecified atom stereocenters. The largest absolute Gasteiger partial charge is 0.390 e. The van der Waals surface area contributed by atoms with Crippen molar-refractivity contribution in [1.29, 1.82) is 5.26 Å². The Labute approximate surface area is 109 Å². The van der Waals surface area contributed by atoms with E-state index in [1.807, 2.05) is 39.0 Å². The minimum Gasteiger partial charge on any atom is -0.390 e. The smallest absolute Gasteiger partial charge is 0.0893 e. The molecule has 1 aliphatic heterocycles. The van der Waals surface area contributed by atoms with E-state index in [-0.39, 0.29) is 17.5 Å². The van der Waals surface area contributed by atoms with Crippen LogP contribution in [0.25, 0.3) is 0 Å². The number of likely N-dealkylation sites (tertiary alicyclic amines) is 1. The standard InChI is InChI=1S/C15H20N2O/c1-11-13(9-16)14(18)15(2,3)17(11)10-12-7-5-4-6-8-12/h4-8,11,13-14,18H,10H2,1-3H3. The van der Waals surface area contributed by atoms with Crippen molar-refractivity contribution < 1.29 is 5.11 Å². The van der Waals surface area contributed by atoms with Gasteiger partial charge in [-0.1, -0.05) is 30.3 Å². The number of hydrogen-bond acceptors (Lipinski definition) is 3. The summed E-state index contributed by atoms with van der Waals surface area (Å²) < 4.78 is 0. The van der Waals surface area contributed by atoms with Crippen LogP contribution in [0.2, 0.25) is 0 Å². The van der Waals surface area contributed by atoms with Gasteiger partial charge in [-0.25, -0.2) is 0 Å². The summed E-state index contributed by atoms with van der Waals surface area (Å²) in [7, 11) is 0. The van der Waals surface area contributed by atoms with Crippen molar-refractivity contribution in [3.63, 3.8) is 0 Å². The summed E-state index contributed by atoms with van der Waals surface area (Å²) in [6.07, 6.45) is -0.596. The van der Waals surface area contributed by atoms with Crippen LogP contribution in [0, 0.1) is 17.2 Å². The summed E-state index contributed by atoms with van der Waals surface area (Å²) in [6, 6.07) is 12.5. The van der Waals surface area contributed by atoms with Crippen LogP contribution in [0.3, 0.4) is 0 Å². The molecule has 0 aliphatic carbocycles. The van der Waals surface area contributed by atoms with E-state index >= 15 is 0 Å². The predicted octanol–water partition coefficient (Wildman–Crippen LogP) is 2.17. The maximum Gasteiger partial charge on any atom is 0.0893 e. The second-order valence-corrected chi connectivity index (χ2v) is 5.61. The molecule has 1 aromatic rings. The lowest BCUT2D eigenvalue weighted by molar-refractivity contribution is 0.0384. The van der Waals surface area contributed by atoms with Crippen LogP contribution >= 0.6 is 0 Å². The zero-order chi connectivity index (χ0) is 13.3. The van der Waals surface area contributed by atoms with Crippen LogP contribution in [-0.2, 0) is 6.54 Å². The molecule has 0 radical (unpaired) electrons. The molecule has 1 aromatic carbocycles. The Morgan fingerprint density at radius 1 is 1.33 bits per heavy atom. The molecular weight excluding hydrogens is 224 g/mol. The molecule has 96 valence electrons. The molecule has 1 fully saturated rings. The summed E-state index contributed by atoms with van der Waals surface area (Å²) in [5, 5.41) is 19.5. The van der Waals surface area contributed by atoms with Crippen molar-refractivity contribution in [2.24, 2.45) is 5.92 Å². The molecule has 0 spiro atoms. The molecule has 0 aromatic heterocycles. The lowest BCUT2D eigenvalue weighted by atomic mass is 9.92. The third-order valence-electron chi connectivity index (χ3n) is 4.16. The van der Waals surface area contributed by atoms with Gasteiger partial charge in [0.2, 0.25) is 0 Å². The number of hydrogen-bond donors (Lipinski definition) is 1. The van der Waals surface area contributed by atoms with Crippen LogP contribution in [0.5, 0.6) is 0 Å². The highest BCUT2D eigenvalue weighted by atomic mass is 16.3. The number of aliphatic hydroxyl groups excluding tert-OH is 1. The van der Waals surface area contributed by atoms with Gasteiger partial charge in [0.25, 0.3) is 0 Å². The van der Waals surface area contributed by atoms with Crippen LogP contribution in [0.15, 0.2) is 30.3 Å². The Morgan fingerprint density at radius 3 is 2.44 bits per heavy atom. The molecule has 1 N–H and O–H groups in total. The number of aliphatic hydroxyl groups is 1. The van der Waals surface area contributed by atoms with E-state index in [1.54, 1.807) is 0 Å². The van der Waals surface area contributed by atoms with E-state index in [1.165, 1.54) is 5.56 Å². The third kappa shape index (κ3) is 2.03. The van der Waals surface area contributed by atoms with Crippen molar-refractivity contribution in [2.75, 3.05) is 0 Å². The molecule has 1 aliphatic rings. The van der Waals surface area contributed by atoms with Gasteiger partial charge in [-0.05, 0) is 26.3 Å². The summed E-state index contributed by atoms with van der Waals surface area (Å²) in [4.78, 5) is 2.22. The molecule has 0 bridgehead atoms. The first-order valence-electron chi connectivity index (χ1n) is 6.37. The van der Waals surface area contributed by atoms with E-state index in [2.05, 4.69) is 23.1 Å². The second kappa shape index (κ2) is 4.72. The molecule has 3 atom stereocenters. The van der Waals surface area contributed by atoms with Gasteiger partial charge in [0.1, 0.15) is 0 Å². The predicted molar refractivity (Wildman–Crippen MR) is 70.6 cm³/mol. The number of nitriles is 1. The van der Waals surface area contributed by atoms with Crippen molar-refractivity contribution >= 4 is 0 Å². The normalized spacial score (nSPS) is 31.2. The van der Waals surface area contributed by atoms with Crippen molar-refractivity contribution in [3.8, 4) is 6.07 Å². The van der Waals surface area contributed by atoms with Crippen molar-refractivity contribution in [2.45, 2.75) is 45.0 Å². The van der Waals surface area contributed by atoms with E-state index in [4.69, 9.17) is 0 Å². The van der Waals surface area contributed by atoms with E-state index in [9.17, 15) is 10.4 Å². The Morgan fingerprint density at radius 2 is 1.94 bits per heavy atom. The summed E-state index contributed by atoms with van der Waals surface area (Å²) >= 11 is 0. The molecule has 18 heavy (non-hydrogen) atoms. The Balaban J connectivity index is 2.25. The maximum atomic E-state index is 10.3. The average molecular weight is 244 g/mol. The Bertz CT molecular complexity index is 449. The third-order valence-corrected chi connectivity index (χ3v) is 4.16. The van der Waals surface area contributed by atoms with E-state index < -0.39 is 6.10 Å².